The van der Waals surface area contributed by atoms with Gasteiger partial charge in [0.2, 0.25) is 11.8 Å². The molecule has 0 spiro atoms. The van der Waals surface area contributed by atoms with Crippen LogP contribution in [-0.2, 0) is 14.3 Å². The van der Waals surface area contributed by atoms with Gasteiger partial charge in [0.1, 0.15) is 6.61 Å². The molecule has 6 nitrogen and oxygen atoms in total. The summed E-state index contributed by atoms with van der Waals surface area (Å²) in [6, 6.07) is 0.0854. The Kier molecular flexibility index (Phi) is 13.1. The van der Waals surface area contributed by atoms with Crippen molar-refractivity contribution >= 4 is 24.2 Å². The predicted octanol–water partition coefficient (Wildman–Crippen LogP) is 1.46. The number of amides is 2. The number of nitrogens with one attached hydrogen (secondary N) is 1. The molecule has 1 unspecified atom stereocenters. The van der Waals surface area contributed by atoms with Gasteiger partial charge in [-0.05, 0) is 25.7 Å². The average molecular weight is 350 g/mol. The van der Waals surface area contributed by atoms with Crippen molar-refractivity contribution in [2.24, 2.45) is 5.73 Å². The Morgan fingerprint density at radius 2 is 2.09 bits per heavy atom. The van der Waals surface area contributed by atoms with Gasteiger partial charge in [-0.2, -0.15) is 0 Å². The van der Waals surface area contributed by atoms with Gasteiger partial charge in [0, 0.05) is 38.7 Å². The molecule has 1 aliphatic heterocycles. The minimum Gasteiger partial charge on any atom is -0.372 e. The van der Waals surface area contributed by atoms with E-state index in [2.05, 4.69) is 12.2 Å². The van der Waals surface area contributed by atoms with Crippen LogP contribution in [0.5, 0.6) is 0 Å². The molecule has 1 aliphatic rings. The van der Waals surface area contributed by atoms with E-state index >= 15 is 0 Å². The Bertz CT molecular complexity index is 343. The lowest BCUT2D eigenvalue weighted by Gasteiger charge is -2.35. The normalized spacial score (nSPS) is 17.5. The topological polar surface area (TPSA) is 84.7 Å². The molecule has 0 radical (unpaired) electrons. The van der Waals surface area contributed by atoms with Gasteiger partial charge < -0.3 is 20.7 Å². The van der Waals surface area contributed by atoms with Crippen LogP contribution in [0.3, 0.4) is 0 Å². The summed E-state index contributed by atoms with van der Waals surface area (Å²) in [5, 5.41) is 2.87. The molecule has 0 saturated carbocycles. The number of hydrogen-bond donors (Lipinski definition) is 2. The van der Waals surface area contributed by atoms with E-state index in [1.54, 1.807) is 0 Å². The zero-order valence-corrected chi connectivity index (χ0v) is 15.0. The summed E-state index contributed by atoms with van der Waals surface area (Å²) in [4.78, 5) is 25.7. The molecule has 3 N–H and O–H groups in total. The number of piperidine rings is 1. The van der Waals surface area contributed by atoms with E-state index in [0.29, 0.717) is 26.1 Å². The molecular formula is C16H32ClN3O3. The Hall–Kier alpha value is -0.850. The third kappa shape index (κ3) is 9.13. The van der Waals surface area contributed by atoms with Gasteiger partial charge in [0.05, 0.1) is 0 Å². The van der Waals surface area contributed by atoms with Crippen molar-refractivity contribution in [2.75, 3.05) is 32.8 Å². The van der Waals surface area contributed by atoms with Crippen LogP contribution in [0.1, 0.15) is 51.9 Å². The molecule has 0 aromatic carbocycles. The molecule has 1 fully saturated rings. The monoisotopic (exact) mass is 349 g/mol. The van der Waals surface area contributed by atoms with Crippen molar-refractivity contribution < 1.29 is 14.3 Å². The second-order valence-corrected chi connectivity index (χ2v) is 5.84. The van der Waals surface area contributed by atoms with Gasteiger partial charge in [0.15, 0.2) is 0 Å². The maximum Gasteiger partial charge on any atom is 0.248 e. The van der Waals surface area contributed by atoms with E-state index in [4.69, 9.17) is 10.5 Å². The molecule has 1 atom stereocenters. The van der Waals surface area contributed by atoms with E-state index in [0.717, 1.165) is 45.1 Å². The summed E-state index contributed by atoms with van der Waals surface area (Å²) in [5.74, 6) is -0.00874. The third-order valence-corrected chi connectivity index (χ3v) is 3.97. The Labute approximate surface area is 145 Å². The summed E-state index contributed by atoms with van der Waals surface area (Å²) in [6.45, 7) is 4.56. The molecule has 1 saturated heterocycles. The van der Waals surface area contributed by atoms with E-state index in [1.807, 2.05) is 4.90 Å². The van der Waals surface area contributed by atoms with Gasteiger partial charge in [-0.3, -0.25) is 9.59 Å². The standard InChI is InChI=1S/C16H31N3O3.ClH/c1-2-3-6-11-22-13-16(21)19-10-5-4-7-14(19)12-18-15(20)8-9-17;/h14H,2-13,17H2,1H3,(H,18,20);1H. The molecule has 7 heteroatoms. The van der Waals surface area contributed by atoms with Crippen molar-refractivity contribution in [2.45, 2.75) is 57.9 Å². The van der Waals surface area contributed by atoms with E-state index in [-0.39, 0.29) is 36.9 Å². The maximum atomic E-state index is 12.3. The second kappa shape index (κ2) is 13.6. The Morgan fingerprint density at radius 1 is 1.30 bits per heavy atom. The molecule has 0 bridgehead atoms. The zero-order chi connectivity index (χ0) is 16.2. The van der Waals surface area contributed by atoms with Crippen LogP contribution < -0.4 is 11.1 Å². The number of unbranched alkanes of at least 4 members (excludes halogenated alkanes) is 2. The number of ether oxygens (including phenoxy) is 1. The molecular weight excluding hydrogens is 318 g/mol. The highest BCUT2D eigenvalue weighted by molar-refractivity contribution is 5.85. The molecule has 1 rings (SSSR count). The van der Waals surface area contributed by atoms with Crippen LogP contribution >= 0.6 is 12.4 Å². The SMILES string of the molecule is CCCCCOCC(=O)N1CCCCC1CNC(=O)CCN.Cl. The number of rotatable bonds is 10. The zero-order valence-electron chi connectivity index (χ0n) is 14.2. The Morgan fingerprint density at radius 3 is 2.78 bits per heavy atom. The van der Waals surface area contributed by atoms with E-state index in [9.17, 15) is 9.59 Å². The second-order valence-electron chi connectivity index (χ2n) is 5.84. The molecule has 0 aromatic rings. The highest BCUT2D eigenvalue weighted by atomic mass is 35.5. The number of carbonyl (C=O) groups excluding carboxylic acids is 2. The van der Waals surface area contributed by atoms with Crippen molar-refractivity contribution in [1.29, 1.82) is 0 Å². The van der Waals surface area contributed by atoms with Crippen LogP contribution in [0, 0.1) is 0 Å². The van der Waals surface area contributed by atoms with E-state index in [1.165, 1.54) is 0 Å². The average Bonchev–Trinajstić information content (AvgIpc) is 2.53. The first-order chi connectivity index (χ1) is 10.7. The molecule has 23 heavy (non-hydrogen) atoms. The van der Waals surface area contributed by atoms with Crippen molar-refractivity contribution in [1.82, 2.24) is 10.2 Å². The lowest BCUT2D eigenvalue weighted by atomic mass is 10.0. The van der Waals surface area contributed by atoms with Crippen molar-refractivity contribution in [3.05, 3.63) is 0 Å². The lowest BCUT2D eigenvalue weighted by molar-refractivity contribution is -0.140. The maximum absolute atomic E-state index is 12.3. The number of nitrogens with two attached hydrogens (primary N) is 1. The number of likely N-dealkylation sites (tertiary alicyclic amines) is 1. The van der Waals surface area contributed by atoms with Crippen LogP contribution in [0.2, 0.25) is 0 Å². The van der Waals surface area contributed by atoms with Gasteiger partial charge in [-0.15, -0.1) is 12.4 Å². The van der Waals surface area contributed by atoms with Gasteiger partial charge in [-0.1, -0.05) is 19.8 Å². The van der Waals surface area contributed by atoms with Crippen LogP contribution in [0.15, 0.2) is 0 Å². The van der Waals surface area contributed by atoms with Crippen molar-refractivity contribution in [3.8, 4) is 0 Å². The van der Waals surface area contributed by atoms with Crippen LogP contribution in [0.4, 0.5) is 0 Å². The summed E-state index contributed by atoms with van der Waals surface area (Å²) in [5.41, 5.74) is 5.36. The number of carbonyl (C=O) groups is 2. The van der Waals surface area contributed by atoms with Crippen molar-refractivity contribution in [3.63, 3.8) is 0 Å². The lowest BCUT2D eigenvalue weighted by Crippen LogP contribution is -2.50. The fourth-order valence-corrected chi connectivity index (χ4v) is 2.69. The first kappa shape index (κ1) is 22.1. The predicted molar refractivity (Wildman–Crippen MR) is 93.6 cm³/mol. The molecule has 1 heterocycles. The van der Waals surface area contributed by atoms with Crippen LogP contribution in [0.25, 0.3) is 0 Å². The Balaban J connectivity index is 0.00000484. The first-order valence-electron chi connectivity index (χ1n) is 8.53. The first-order valence-corrected chi connectivity index (χ1v) is 8.53. The molecule has 136 valence electrons. The third-order valence-electron chi connectivity index (χ3n) is 3.97. The number of halogens is 1. The van der Waals surface area contributed by atoms with Gasteiger partial charge in [0.25, 0.3) is 0 Å². The largest absolute Gasteiger partial charge is 0.372 e. The minimum atomic E-state index is -0.0451. The fourth-order valence-electron chi connectivity index (χ4n) is 2.69. The summed E-state index contributed by atoms with van der Waals surface area (Å²) < 4.78 is 5.47. The van der Waals surface area contributed by atoms with E-state index < -0.39 is 0 Å². The number of nitrogens with zero attached hydrogens (tertiary/aromatic N) is 1. The molecule has 0 aliphatic carbocycles. The summed E-state index contributed by atoms with van der Waals surface area (Å²) in [6.07, 6.45) is 6.67. The minimum absolute atomic E-state index is 0. The highest BCUT2D eigenvalue weighted by Gasteiger charge is 2.26. The highest BCUT2D eigenvalue weighted by Crippen LogP contribution is 2.16. The summed E-state index contributed by atoms with van der Waals surface area (Å²) in [7, 11) is 0. The van der Waals surface area contributed by atoms with Crippen LogP contribution in [-0.4, -0.2) is 55.6 Å². The number of hydrogen-bond acceptors (Lipinski definition) is 4. The summed E-state index contributed by atoms with van der Waals surface area (Å²) >= 11 is 0. The quantitative estimate of drug-likeness (QED) is 0.585. The molecule has 2 amide bonds. The molecule has 0 aromatic heterocycles. The van der Waals surface area contributed by atoms with Gasteiger partial charge >= 0.3 is 0 Å². The van der Waals surface area contributed by atoms with Gasteiger partial charge in [-0.25, -0.2) is 0 Å². The smallest absolute Gasteiger partial charge is 0.248 e. The fraction of sp³-hybridized carbons (Fsp3) is 0.875.